The Morgan fingerprint density at radius 1 is 1.47 bits per heavy atom. The molecule has 4 nitrogen and oxygen atoms in total. The zero-order valence-electron chi connectivity index (χ0n) is 11.7. The van der Waals surface area contributed by atoms with E-state index in [9.17, 15) is 4.79 Å². The minimum Gasteiger partial charge on any atom is -0.375 e. The van der Waals surface area contributed by atoms with Crippen molar-refractivity contribution >= 4 is 28.9 Å². The van der Waals surface area contributed by atoms with Gasteiger partial charge in [0.1, 0.15) is 0 Å². The number of anilines is 2. The van der Waals surface area contributed by atoms with E-state index in [0.717, 1.165) is 24.2 Å². The highest BCUT2D eigenvalue weighted by molar-refractivity contribution is 6.34. The molecule has 0 saturated heterocycles. The molecular weight excluding hydrogens is 262 g/mol. The first-order chi connectivity index (χ1) is 9.01. The summed E-state index contributed by atoms with van der Waals surface area (Å²) in [6.45, 7) is 2.40. The van der Waals surface area contributed by atoms with Gasteiger partial charge in [0.15, 0.2) is 0 Å². The van der Waals surface area contributed by atoms with Crippen LogP contribution in [0.4, 0.5) is 11.4 Å². The van der Waals surface area contributed by atoms with Crippen LogP contribution in [0.15, 0.2) is 18.2 Å². The molecule has 1 aromatic rings. The summed E-state index contributed by atoms with van der Waals surface area (Å²) in [7, 11) is 3.78. The van der Waals surface area contributed by atoms with E-state index in [0.29, 0.717) is 11.6 Å². The van der Waals surface area contributed by atoms with Crippen LogP contribution in [-0.4, -0.2) is 26.5 Å². The Hall–Kier alpha value is -1.26. The number of halogens is 1. The lowest BCUT2D eigenvalue weighted by atomic mass is 10.0. The van der Waals surface area contributed by atoms with Gasteiger partial charge in [0.2, 0.25) is 5.91 Å². The third-order valence-corrected chi connectivity index (χ3v) is 3.29. The Morgan fingerprint density at radius 3 is 2.68 bits per heavy atom. The van der Waals surface area contributed by atoms with Crippen molar-refractivity contribution in [3.05, 3.63) is 23.2 Å². The lowest BCUT2D eigenvalue weighted by Gasteiger charge is -2.21. The van der Waals surface area contributed by atoms with Crippen molar-refractivity contribution in [2.24, 2.45) is 11.7 Å². The van der Waals surface area contributed by atoms with Crippen molar-refractivity contribution in [2.45, 2.75) is 19.8 Å². The summed E-state index contributed by atoms with van der Waals surface area (Å²) in [5.74, 6) is -0.200. The fourth-order valence-corrected chi connectivity index (χ4v) is 2.35. The third kappa shape index (κ3) is 4.11. The summed E-state index contributed by atoms with van der Waals surface area (Å²) < 4.78 is 0. The molecule has 0 aromatic heterocycles. The minimum absolute atomic E-state index is 0.0466. The van der Waals surface area contributed by atoms with E-state index in [1.54, 1.807) is 6.07 Å². The van der Waals surface area contributed by atoms with Crippen LogP contribution in [-0.2, 0) is 4.79 Å². The molecular formula is C14H22ClN3O. The molecule has 0 spiro atoms. The van der Waals surface area contributed by atoms with Gasteiger partial charge in [0.05, 0.1) is 22.3 Å². The number of hydrogen-bond donors (Lipinski definition) is 2. The van der Waals surface area contributed by atoms with Crippen molar-refractivity contribution in [2.75, 3.05) is 30.9 Å². The van der Waals surface area contributed by atoms with Gasteiger partial charge in [0.25, 0.3) is 0 Å². The molecule has 1 aromatic carbocycles. The van der Waals surface area contributed by atoms with Gasteiger partial charge < -0.3 is 16.0 Å². The van der Waals surface area contributed by atoms with Gasteiger partial charge in [-0.1, -0.05) is 31.0 Å². The average molecular weight is 284 g/mol. The van der Waals surface area contributed by atoms with Crippen LogP contribution < -0.4 is 16.0 Å². The smallest absolute Gasteiger partial charge is 0.228 e. The number of benzene rings is 1. The minimum atomic E-state index is -0.154. The van der Waals surface area contributed by atoms with Crippen LogP contribution in [0.2, 0.25) is 5.02 Å². The van der Waals surface area contributed by atoms with Crippen LogP contribution in [0.25, 0.3) is 0 Å². The number of nitrogens with zero attached hydrogens (tertiary/aromatic N) is 1. The maximum atomic E-state index is 12.2. The predicted octanol–water partition coefficient (Wildman–Crippen LogP) is 2.72. The summed E-state index contributed by atoms with van der Waals surface area (Å²) in [4.78, 5) is 14.1. The molecule has 19 heavy (non-hydrogen) atoms. The molecule has 0 aliphatic heterocycles. The number of carbonyl (C=O) groups excluding carboxylic acids is 1. The van der Waals surface area contributed by atoms with Crippen molar-refractivity contribution in [3.63, 3.8) is 0 Å². The van der Waals surface area contributed by atoms with Crippen molar-refractivity contribution in [1.82, 2.24) is 0 Å². The van der Waals surface area contributed by atoms with Gasteiger partial charge in [-0.2, -0.15) is 0 Å². The molecule has 3 N–H and O–H groups in total. The van der Waals surface area contributed by atoms with Crippen LogP contribution in [0.1, 0.15) is 19.8 Å². The first kappa shape index (κ1) is 15.8. The summed E-state index contributed by atoms with van der Waals surface area (Å²) >= 11 is 6.16. The number of para-hydroxylation sites is 1. The van der Waals surface area contributed by atoms with E-state index in [-0.39, 0.29) is 11.8 Å². The number of nitrogens with one attached hydrogen (secondary N) is 1. The van der Waals surface area contributed by atoms with Gasteiger partial charge in [-0.15, -0.1) is 0 Å². The molecule has 0 aliphatic rings. The molecule has 5 heteroatoms. The molecule has 1 unspecified atom stereocenters. The highest BCUT2D eigenvalue weighted by Crippen LogP contribution is 2.32. The van der Waals surface area contributed by atoms with Crippen LogP contribution >= 0.6 is 11.6 Å². The van der Waals surface area contributed by atoms with E-state index in [4.69, 9.17) is 17.3 Å². The predicted molar refractivity (Wildman–Crippen MR) is 81.9 cm³/mol. The Kier molecular flexibility index (Phi) is 6.12. The van der Waals surface area contributed by atoms with E-state index >= 15 is 0 Å². The SMILES string of the molecule is CCCC(CN)C(=O)Nc1cccc(Cl)c1N(C)C. The second-order valence-electron chi connectivity index (χ2n) is 4.74. The van der Waals surface area contributed by atoms with Gasteiger partial charge in [-0.3, -0.25) is 4.79 Å². The first-order valence-electron chi connectivity index (χ1n) is 6.48. The Bertz CT molecular complexity index is 435. The normalized spacial score (nSPS) is 12.1. The average Bonchev–Trinajstić information content (AvgIpc) is 2.35. The zero-order chi connectivity index (χ0) is 14.4. The lowest BCUT2D eigenvalue weighted by Crippen LogP contribution is -2.29. The standard InChI is InChI=1S/C14H22ClN3O/c1-4-6-10(9-16)14(19)17-12-8-5-7-11(15)13(12)18(2)3/h5,7-8,10H,4,6,9,16H2,1-3H3,(H,17,19). The molecule has 0 aliphatic carbocycles. The third-order valence-electron chi connectivity index (χ3n) is 2.98. The fraction of sp³-hybridized carbons (Fsp3) is 0.500. The number of nitrogens with two attached hydrogens (primary N) is 1. The quantitative estimate of drug-likeness (QED) is 0.844. The summed E-state index contributed by atoms with van der Waals surface area (Å²) in [5.41, 5.74) is 7.17. The highest BCUT2D eigenvalue weighted by Gasteiger charge is 2.18. The second kappa shape index (κ2) is 7.36. The van der Waals surface area contributed by atoms with Gasteiger partial charge in [-0.25, -0.2) is 0 Å². The Labute approximate surface area is 119 Å². The molecule has 0 heterocycles. The summed E-state index contributed by atoms with van der Waals surface area (Å²) in [5, 5.41) is 3.54. The van der Waals surface area contributed by atoms with Crippen molar-refractivity contribution in [3.8, 4) is 0 Å². The monoisotopic (exact) mass is 283 g/mol. The van der Waals surface area contributed by atoms with Gasteiger partial charge >= 0.3 is 0 Å². The van der Waals surface area contributed by atoms with Crippen LogP contribution in [0.3, 0.4) is 0 Å². The van der Waals surface area contributed by atoms with Crippen LogP contribution in [0.5, 0.6) is 0 Å². The number of carbonyl (C=O) groups is 1. The maximum absolute atomic E-state index is 12.2. The number of amides is 1. The molecule has 0 radical (unpaired) electrons. The topological polar surface area (TPSA) is 58.4 Å². The summed E-state index contributed by atoms with van der Waals surface area (Å²) in [6, 6.07) is 5.47. The zero-order valence-corrected chi connectivity index (χ0v) is 12.5. The fourth-order valence-electron chi connectivity index (χ4n) is 2.01. The van der Waals surface area contributed by atoms with Crippen molar-refractivity contribution < 1.29 is 4.79 Å². The number of rotatable bonds is 6. The maximum Gasteiger partial charge on any atom is 0.228 e. The Balaban J connectivity index is 2.93. The molecule has 1 atom stereocenters. The molecule has 0 saturated carbocycles. The van der Waals surface area contributed by atoms with Gasteiger partial charge in [0, 0.05) is 20.6 Å². The van der Waals surface area contributed by atoms with Crippen LogP contribution in [0, 0.1) is 5.92 Å². The molecule has 0 bridgehead atoms. The molecule has 1 amide bonds. The van der Waals surface area contributed by atoms with E-state index in [1.165, 1.54) is 0 Å². The van der Waals surface area contributed by atoms with E-state index < -0.39 is 0 Å². The largest absolute Gasteiger partial charge is 0.375 e. The summed E-state index contributed by atoms with van der Waals surface area (Å²) in [6.07, 6.45) is 1.73. The molecule has 106 valence electrons. The van der Waals surface area contributed by atoms with Crippen molar-refractivity contribution in [1.29, 1.82) is 0 Å². The first-order valence-corrected chi connectivity index (χ1v) is 6.85. The van der Waals surface area contributed by atoms with E-state index in [1.807, 2.05) is 38.1 Å². The Morgan fingerprint density at radius 2 is 2.16 bits per heavy atom. The van der Waals surface area contributed by atoms with E-state index in [2.05, 4.69) is 5.32 Å². The second-order valence-corrected chi connectivity index (χ2v) is 5.15. The highest BCUT2D eigenvalue weighted by atomic mass is 35.5. The number of hydrogen-bond acceptors (Lipinski definition) is 3. The van der Waals surface area contributed by atoms with Gasteiger partial charge in [-0.05, 0) is 18.6 Å². The lowest BCUT2D eigenvalue weighted by molar-refractivity contribution is -0.119. The molecule has 0 fully saturated rings. The molecule has 1 rings (SSSR count).